The van der Waals surface area contributed by atoms with Crippen LogP contribution in [-0.2, 0) is 11.2 Å². The van der Waals surface area contributed by atoms with E-state index in [4.69, 9.17) is 4.74 Å². The van der Waals surface area contributed by atoms with Gasteiger partial charge >= 0.3 is 0 Å². The highest BCUT2D eigenvalue weighted by molar-refractivity contribution is 5.97. The van der Waals surface area contributed by atoms with Gasteiger partial charge in [0.05, 0.1) is 25.6 Å². The van der Waals surface area contributed by atoms with Crippen LogP contribution in [0.15, 0.2) is 36.7 Å². The molecule has 0 aliphatic carbocycles. The number of aliphatic hydroxyl groups excluding tert-OH is 1. The van der Waals surface area contributed by atoms with E-state index in [1.807, 2.05) is 39.0 Å². The zero-order valence-electron chi connectivity index (χ0n) is 21.1. The summed E-state index contributed by atoms with van der Waals surface area (Å²) in [5, 5.41) is 9.80. The zero-order chi connectivity index (χ0) is 25.5. The second kappa shape index (κ2) is 11.8. The van der Waals surface area contributed by atoms with E-state index < -0.39 is 6.10 Å². The molecular formula is C27H34N4O4. The quantitative estimate of drug-likeness (QED) is 0.641. The Morgan fingerprint density at radius 3 is 2.74 bits per heavy atom. The molecule has 3 atom stereocenters. The fourth-order valence-electron chi connectivity index (χ4n) is 3.78. The number of ether oxygens (including phenoxy) is 1. The first-order chi connectivity index (χ1) is 16.7. The number of aliphatic hydroxyl groups is 1. The highest BCUT2D eigenvalue weighted by atomic mass is 16.5. The lowest BCUT2D eigenvalue weighted by molar-refractivity contribution is -0.130. The topological polar surface area (TPSA) is 95.9 Å². The van der Waals surface area contributed by atoms with Crippen LogP contribution in [0.25, 0.3) is 0 Å². The minimum absolute atomic E-state index is 0.0780. The summed E-state index contributed by atoms with van der Waals surface area (Å²) in [6.45, 7) is 8.28. The maximum absolute atomic E-state index is 13.4. The zero-order valence-corrected chi connectivity index (χ0v) is 21.1. The lowest BCUT2D eigenvalue weighted by Gasteiger charge is -2.37. The predicted octanol–water partition coefficient (Wildman–Crippen LogP) is 2.41. The third kappa shape index (κ3) is 6.80. The molecule has 1 N–H and O–H groups in total. The van der Waals surface area contributed by atoms with E-state index in [1.54, 1.807) is 42.2 Å². The van der Waals surface area contributed by atoms with Crippen molar-refractivity contribution in [3.63, 3.8) is 0 Å². The molecule has 3 rings (SSSR count). The standard InChI is InChI=1S/C27H34N4O4/c1-18(2)9-10-21-12-23-26(29-14-21)35-24(19(3)15-31(27(23)34)20(4)17-32)16-30(5)25(33)13-22-8-6-7-11-28-22/h6-8,11-12,14,18-20,24,32H,13,15-17H2,1-5H3/t19-,20-,24-/m0/s1. The molecule has 2 aromatic rings. The molecule has 2 aromatic heterocycles. The number of nitrogens with zero attached hydrogens (tertiary/aromatic N) is 4. The normalized spacial score (nSPS) is 18.5. The van der Waals surface area contributed by atoms with Crippen LogP contribution in [0.4, 0.5) is 0 Å². The summed E-state index contributed by atoms with van der Waals surface area (Å²) in [6, 6.07) is 6.80. The van der Waals surface area contributed by atoms with E-state index >= 15 is 0 Å². The number of hydrogen-bond donors (Lipinski definition) is 1. The average Bonchev–Trinajstić information content (AvgIpc) is 2.84. The van der Waals surface area contributed by atoms with Crippen molar-refractivity contribution in [1.82, 2.24) is 19.8 Å². The highest BCUT2D eigenvalue weighted by Crippen LogP contribution is 2.27. The Kier molecular flexibility index (Phi) is 8.83. The fraction of sp³-hybridized carbons (Fsp3) is 0.481. The maximum atomic E-state index is 13.4. The Hall–Kier alpha value is -3.44. The van der Waals surface area contributed by atoms with E-state index in [9.17, 15) is 14.7 Å². The van der Waals surface area contributed by atoms with Gasteiger partial charge in [-0.3, -0.25) is 14.6 Å². The van der Waals surface area contributed by atoms with E-state index in [-0.39, 0.29) is 48.6 Å². The van der Waals surface area contributed by atoms with Crippen LogP contribution in [0.1, 0.15) is 49.3 Å². The third-order valence-corrected chi connectivity index (χ3v) is 5.96. The number of aromatic nitrogens is 2. The van der Waals surface area contributed by atoms with Gasteiger partial charge in [0.25, 0.3) is 5.91 Å². The van der Waals surface area contributed by atoms with Crippen molar-refractivity contribution < 1.29 is 19.4 Å². The van der Waals surface area contributed by atoms with Crippen LogP contribution in [-0.4, -0.2) is 75.6 Å². The largest absolute Gasteiger partial charge is 0.472 e. The smallest absolute Gasteiger partial charge is 0.259 e. The lowest BCUT2D eigenvalue weighted by atomic mass is 9.99. The number of fused-ring (bicyclic) bond motifs is 1. The summed E-state index contributed by atoms with van der Waals surface area (Å²) in [4.78, 5) is 38.2. The Morgan fingerprint density at radius 1 is 1.31 bits per heavy atom. The van der Waals surface area contributed by atoms with Gasteiger partial charge < -0.3 is 19.6 Å². The van der Waals surface area contributed by atoms with Gasteiger partial charge in [-0.1, -0.05) is 38.7 Å². The number of carbonyl (C=O) groups excluding carboxylic acids is 2. The van der Waals surface area contributed by atoms with Crippen LogP contribution >= 0.6 is 0 Å². The lowest BCUT2D eigenvalue weighted by Crippen LogP contribution is -2.50. The van der Waals surface area contributed by atoms with Crippen molar-refractivity contribution in [2.75, 3.05) is 26.7 Å². The summed E-state index contributed by atoms with van der Waals surface area (Å²) < 4.78 is 6.25. The van der Waals surface area contributed by atoms with Crippen LogP contribution in [0.2, 0.25) is 0 Å². The maximum Gasteiger partial charge on any atom is 0.259 e. The summed E-state index contributed by atoms with van der Waals surface area (Å²) in [7, 11) is 1.73. The van der Waals surface area contributed by atoms with Gasteiger partial charge in [0.2, 0.25) is 11.8 Å². The van der Waals surface area contributed by atoms with Gasteiger partial charge in [-0.2, -0.15) is 0 Å². The molecule has 8 heteroatoms. The van der Waals surface area contributed by atoms with Crippen LogP contribution in [0, 0.1) is 23.7 Å². The summed E-state index contributed by atoms with van der Waals surface area (Å²) in [5.74, 6) is 6.08. The summed E-state index contributed by atoms with van der Waals surface area (Å²) >= 11 is 0. The highest BCUT2D eigenvalue weighted by Gasteiger charge is 2.34. The number of pyridine rings is 2. The number of likely N-dealkylation sites (N-methyl/N-ethyl adjacent to an activating group) is 1. The number of carbonyl (C=O) groups is 2. The summed E-state index contributed by atoms with van der Waals surface area (Å²) in [6.07, 6.45) is 3.05. The SMILES string of the molecule is CC(C)C#Cc1cnc2c(c1)C(=O)N([C@@H](C)CO)C[C@H](C)[C@H](CN(C)C(=O)Cc1ccccn1)O2. The predicted molar refractivity (Wildman–Crippen MR) is 133 cm³/mol. The molecule has 0 fully saturated rings. The minimum Gasteiger partial charge on any atom is -0.472 e. The molecule has 1 aliphatic rings. The molecule has 0 bridgehead atoms. The van der Waals surface area contributed by atoms with Crippen molar-refractivity contribution in [1.29, 1.82) is 0 Å². The second-order valence-corrected chi connectivity index (χ2v) is 9.40. The molecule has 186 valence electrons. The molecule has 1 aliphatic heterocycles. The first kappa shape index (κ1) is 26.2. The average molecular weight is 479 g/mol. The van der Waals surface area contributed by atoms with Gasteiger partial charge in [-0.15, -0.1) is 0 Å². The van der Waals surface area contributed by atoms with E-state index in [0.717, 1.165) is 0 Å². The van der Waals surface area contributed by atoms with Gasteiger partial charge in [-0.05, 0) is 25.1 Å². The van der Waals surface area contributed by atoms with Crippen molar-refractivity contribution in [3.8, 4) is 17.7 Å². The minimum atomic E-state index is -0.409. The summed E-state index contributed by atoms with van der Waals surface area (Å²) in [5.41, 5.74) is 1.63. The molecular weight excluding hydrogens is 444 g/mol. The molecule has 0 saturated heterocycles. The molecule has 0 spiro atoms. The molecule has 0 aromatic carbocycles. The molecule has 35 heavy (non-hydrogen) atoms. The van der Waals surface area contributed by atoms with Crippen LogP contribution in [0.3, 0.4) is 0 Å². The first-order valence-electron chi connectivity index (χ1n) is 11.9. The Bertz CT molecular complexity index is 1090. The first-order valence-corrected chi connectivity index (χ1v) is 11.9. The molecule has 0 saturated carbocycles. The third-order valence-electron chi connectivity index (χ3n) is 5.96. The monoisotopic (exact) mass is 478 g/mol. The molecule has 0 radical (unpaired) electrons. The van der Waals surface area contributed by atoms with E-state index in [2.05, 4.69) is 21.8 Å². The fourth-order valence-corrected chi connectivity index (χ4v) is 3.78. The number of amides is 2. The molecule has 3 heterocycles. The Morgan fingerprint density at radius 2 is 2.09 bits per heavy atom. The van der Waals surface area contributed by atoms with Crippen molar-refractivity contribution in [2.45, 2.75) is 46.3 Å². The number of rotatable bonds is 6. The van der Waals surface area contributed by atoms with Gasteiger partial charge in [0.15, 0.2) is 0 Å². The van der Waals surface area contributed by atoms with Crippen LogP contribution in [0.5, 0.6) is 5.88 Å². The van der Waals surface area contributed by atoms with Gasteiger partial charge in [0, 0.05) is 49.1 Å². The van der Waals surface area contributed by atoms with Crippen LogP contribution < -0.4 is 4.74 Å². The molecule has 0 unspecified atom stereocenters. The molecule has 2 amide bonds. The van der Waals surface area contributed by atoms with Gasteiger partial charge in [0.1, 0.15) is 11.7 Å². The Balaban J connectivity index is 1.89. The van der Waals surface area contributed by atoms with Crippen molar-refractivity contribution >= 4 is 11.8 Å². The van der Waals surface area contributed by atoms with E-state index in [0.29, 0.717) is 29.9 Å². The van der Waals surface area contributed by atoms with Crippen molar-refractivity contribution in [2.24, 2.45) is 11.8 Å². The Labute approximate surface area is 207 Å². The van der Waals surface area contributed by atoms with E-state index in [1.165, 1.54) is 0 Å². The second-order valence-electron chi connectivity index (χ2n) is 9.40. The number of hydrogen-bond acceptors (Lipinski definition) is 6. The van der Waals surface area contributed by atoms with Gasteiger partial charge in [-0.25, -0.2) is 4.98 Å². The van der Waals surface area contributed by atoms with Crippen molar-refractivity contribution in [3.05, 3.63) is 53.5 Å². The molecule has 8 nitrogen and oxygen atoms in total.